The van der Waals surface area contributed by atoms with Crippen molar-refractivity contribution in [3.05, 3.63) is 35.0 Å². The molecule has 1 heterocycles. The van der Waals surface area contributed by atoms with Gasteiger partial charge in [0.1, 0.15) is 0 Å². The molecular formula is C11H10ClN3O. The van der Waals surface area contributed by atoms with Gasteiger partial charge >= 0.3 is 0 Å². The second-order valence-corrected chi connectivity index (χ2v) is 3.66. The number of hydrogen-bond acceptors (Lipinski definition) is 4. The van der Waals surface area contributed by atoms with Crippen LogP contribution in [0.25, 0.3) is 11.4 Å². The van der Waals surface area contributed by atoms with Gasteiger partial charge in [0.25, 0.3) is 5.88 Å². The summed E-state index contributed by atoms with van der Waals surface area (Å²) in [5.74, 6) is 0.786. The molecular weight excluding hydrogens is 226 g/mol. The van der Waals surface area contributed by atoms with E-state index in [1.807, 2.05) is 31.2 Å². The normalized spacial score (nSPS) is 10.2. The van der Waals surface area contributed by atoms with Crippen LogP contribution in [0.3, 0.4) is 0 Å². The van der Waals surface area contributed by atoms with Crippen molar-refractivity contribution in [3.8, 4) is 17.3 Å². The lowest BCUT2D eigenvalue weighted by molar-refractivity contribution is 0.394. The SMILES string of the molecule is COc1nc(-c2ccc(C)cc2)nnc1Cl. The molecule has 0 amide bonds. The van der Waals surface area contributed by atoms with Crippen LogP contribution in [0.4, 0.5) is 0 Å². The first-order valence-corrected chi connectivity index (χ1v) is 5.10. The highest BCUT2D eigenvalue weighted by Crippen LogP contribution is 2.22. The number of halogens is 1. The molecule has 4 nitrogen and oxygen atoms in total. The van der Waals surface area contributed by atoms with Crippen LogP contribution < -0.4 is 4.74 Å². The summed E-state index contributed by atoms with van der Waals surface area (Å²) in [7, 11) is 1.49. The fourth-order valence-corrected chi connectivity index (χ4v) is 1.41. The van der Waals surface area contributed by atoms with E-state index < -0.39 is 0 Å². The highest BCUT2D eigenvalue weighted by molar-refractivity contribution is 6.30. The van der Waals surface area contributed by atoms with E-state index in [9.17, 15) is 0 Å². The lowest BCUT2D eigenvalue weighted by Crippen LogP contribution is -1.97. The van der Waals surface area contributed by atoms with Gasteiger partial charge in [0.05, 0.1) is 7.11 Å². The molecule has 0 aliphatic carbocycles. The van der Waals surface area contributed by atoms with Crippen LogP contribution in [0.1, 0.15) is 5.56 Å². The molecule has 0 saturated heterocycles. The van der Waals surface area contributed by atoms with E-state index in [0.717, 1.165) is 5.56 Å². The van der Waals surface area contributed by atoms with Crippen molar-refractivity contribution in [1.29, 1.82) is 0 Å². The summed E-state index contributed by atoms with van der Waals surface area (Å²) in [6.07, 6.45) is 0. The molecule has 0 bridgehead atoms. The summed E-state index contributed by atoms with van der Waals surface area (Å²) in [6.45, 7) is 2.02. The van der Waals surface area contributed by atoms with E-state index in [1.54, 1.807) is 0 Å². The minimum absolute atomic E-state index is 0.165. The molecule has 0 radical (unpaired) electrons. The Hall–Kier alpha value is -1.68. The molecule has 0 aliphatic rings. The number of nitrogens with zero attached hydrogens (tertiary/aromatic N) is 3. The average molecular weight is 236 g/mol. The highest BCUT2D eigenvalue weighted by Gasteiger charge is 2.08. The van der Waals surface area contributed by atoms with Crippen LogP contribution in [0, 0.1) is 6.92 Å². The van der Waals surface area contributed by atoms with E-state index in [4.69, 9.17) is 16.3 Å². The third kappa shape index (κ3) is 2.12. The summed E-state index contributed by atoms with van der Waals surface area (Å²) in [4.78, 5) is 4.16. The Kier molecular flexibility index (Phi) is 3.01. The van der Waals surface area contributed by atoms with Crippen molar-refractivity contribution in [2.75, 3.05) is 7.11 Å². The van der Waals surface area contributed by atoms with Gasteiger partial charge in [0.15, 0.2) is 5.82 Å². The summed E-state index contributed by atoms with van der Waals surface area (Å²) in [5, 5.41) is 7.86. The molecule has 1 aromatic heterocycles. The number of aryl methyl sites for hydroxylation is 1. The van der Waals surface area contributed by atoms with Gasteiger partial charge in [0.2, 0.25) is 5.15 Å². The van der Waals surface area contributed by atoms with Crippen LogP contribution in [-0.2, 0) is 0 Å². The summed E-state index contributed by atoms with van der Waals surface area (Å²) >= 11 is 5.75. The second-order valence-electron chi connectivity index (χ2n) is 3.30. The van der Waals surface area contributed by atoms with Crippen LogP contribution in [0.5, 0.6) is 5.88 Å². The standard InChI is InChI=1S/C11H10ClN3O/c1-7-3-5-8(6-4-7)10-13-11(16-2)9(12)14-15-10/h3-6H,1-2H3. The molecule has 0 aliphatic heterocycles. The predicted molar refractivity (Wildman–Crippen MR) is 61.6 cm³/mol. The Labute approximate surface area is 98.3 Å². The Bertz CT molecular complexity index is 499. The fourth-order valence-electron chi connectivity index (χ4n) is 1.25. The Morgan fingerprint density at radius 3 is 2.44 bits per heavy atom. The molecule has 0 atom stereocenters. The first-order valence-electron chi connectivity index (χ1n) is 4.72. The van der Waals surface area contributed by atoms with Gasteiger partial charge < -0.3 is 4.74 Å². The minimum atomic E-state index is 0.165. The summed E-state index contributed by atoms with van der Waals surface area (Å²) in [5.41, 5.74) is 2.06. The molecule has 0 N–H and O–H groups in total. The Morgan fingerprint density at radius 1 is 1.12 bits per heavy atom. The largest absolute Gasteiger partial charge is 0.479 e. The first-order chi connectivity index (χ1) is 7.70. The Balaban J connectivity index is 2.44. The number of benzene rings is 1. The molecule has 16 heavy (non-hydrogen) atoms. The lowest BCUT2D eigenvalue weighted by Gasteiger charge is -2.03. The molecule has 0 spiro atoms. The van der Waals surface area contributed by atoms with Gasteiger partial charge in [0, 0.05) is 5.56 Å². The van der Waals surface area contributed by atoms with Crippen molar-refractivity contribution in [2.45, 2.75) is 6.92 Å². The van der Waals surface area contributed by atoms with Crippen molar-refractivity contribution in [2.24, 2.45) is 0 Å². The number of hydrogen-bond donors (Lipinski definition) is 0. The van der Waals surface area contributed by atoms with E-state index in [1.165, 1.54) is 12.7 Å². The zero-order chi connectivity index (χ0) is 11.5. The molecule has 82 valence electrons. The highest BCUT2D eigenvalue weighted by atomic mass is 35.5. The molecule has 0 fully saturated rings. The average Bonchev–Trinajstić information content (AvgIpc) is 2.31. The quantitative estimate of drug-likeness (QED) is 0.803. The zero-order valence-electron chi connectivity index (χ0n) is 8.94. The maximum Gasteiger partial charge on any atom is 0.255 e. The van der Waals surface area contributed by atoms with Crippen molar-refractivity contribution in [3.63, 3.8) is 0 Å². The van der Waals surface area contributed by atoms with Crippen LogP contribution in [-0.4, -0.2) is 22.3 Å². The van der Waals surface area contributed by atoms with Crippen molar-refractivity contribution < 1.29 is 4.74 Å². The maximum atomic E-state index is 5.75. The van der Waals surface area contributed by atoms with E-state index >= 15 is 0 Å². The molecule has 5 heteroatoms. The number of aromatic nitrogens is 3. The molecule has 1 aromatic carbocycles. The van der Waals surface area contributed by atoms with Gasteiger partial charge in [-0.15, -0.1) is 10.2 Å². The van der Waals surface area contributed by atoms with Crippen LogP contribution in [0.2, 0.25) is 5.15 Å². The van der Waals surface area contributed by atoms with E-state index in [0.29, 0.717) is 5.82 Å². The minimum Gasteiger partial charge on any atom is -0.479 e. The van der Waals surface area contributed by atoms with Gasteiger partial charge in [-0.25, -0.2) is 0 Å². The number of ether oxygens (including phenoxy) is 1. The molecule has 2 rings (SSSR count). The van der Waals surface area contributed by atoms with Crippen molar-refractivity contribution in [1.82, 2.24) is 15.2 Å². The number of rotatable bonds is 2. The molecule has 2 aromatic rings. The van der Waals surface area contributed by atoms with Gasteiger partial charge in [-0.1, -0.05) is 41.4 Å². The fraction of sp³-hybridized carbons (Fsp3) is 0.182. The van der Waals surface area contributed by atoms with Crippen molar-refractivity contribution >= 4 is 11.6 Å². The monoisotopic (exact) mass is 235 g/mol. The van der Waals surface area contributed by atoms with Gasteiger partial charge in [-0.05, 0) is 6.92 Å². The van der Waals surface area contributed by atoms with Crippen LogP contribution in [0.15, 0.2) is 24.3 Å². The smallest absolute Gasteiger partial charge is 0.255 e. The predicted octanol–water partition coefficient (Wildman–Crippen LogP) is 2.51. The Morgan fingerprint density at radius 2 is 1.81 bits per heavy atom. The maximum absolute atomic E-state index is 5.75. The van der Waals surface area contributed by atoms with E-state index in [2.05, 4.69) is 15.2 Å². The third-order valence-electron chi connectivity index (χ3n) is 2.12. The van der Waals surface area contributed by atoms with Gasteiger partial charge in [-0.2, -0.15) is 4.98 Å². The topological polar surface area (TPSA) is 47.9 Å². The second kappa shape index (κ2) is 4.45. The van der Waals surface area contributed by atoms with Crippen LogP contribution >= 0.6 is 11.6 Å². The summed E-state index contributed by atoms with van der Waals surface area (Å²) in [6, 6.07) is 7.83. The molecule has 0 unspecified atom stereocenters. The number of methoxy groups -OCH3 is 1. The third-order valence-corrected chi connectivity index (χ3v) is 2.36. The zero-order valence-corrected chi connectivity index (χ0v) is 9.69. The lowest BCUT2D eigenvalue weighted by atomic mass is 10.1. The molecule has 0 saturated carbocycles. The van der Waals surface area contributed by atoms with Gasteiger partial charge in [-0.3, -0.25) is 0 Å². The summed E-state index contributed by atoms with van der Waals surface area (Å²) < 4.78 is 4.99. The van der Waals surface area contributed by atoms with E-state index in [-0.39, 0.29) is 11.0 Å². The first kappa shape index (κ1) is 10.8.